The third-order valence-electron chi connectivity index (χ3n) is 4.47. The maximum absolute atomic E-state index is 6.25. The number of hydrogen-bond acceptors (Lipinski definition) is 4. The molecule has 0 saturated carbocycles. The number of aromatic nitrogens is 1. The summed E-state index contributed by atoms with van der Waals surface area (Å²) in [4.78, 5) is 0. The number of hydrogen-bond donors (Lipinski definition) is 1. The molecule has 0 amide bonds. The van der Waals surface area contributed by atoms with Crippen molar-refractivity contribution in [2.24, 2.45) is 0 Å². The van der Waals surface area contributed by atoms with Crippen molar-refractivity contribution >= 4 is 11.6 Å². The quantitative estimate of drug-likeness (QED) is 0.607. The Morgan fingerprint density at radius 2 is 1.85 bits per heavy atom. The van der Waals surface area contributed by atoms with Gasteiger partial charge in [0.1, 0.15) is 18.1 Å². The maximum atomic E-state index is 6.25. The average Bonchev–Trinajstić information content (AvgIpc) is 2.97. The fraction of sp³-hybridized carbons (Fsp3) is 0.286. The summed E-state index contributed by atoms with van der Waals surface area (Å²) in [5, 5.41) is 8.23. The first-order chi connectivity index (χ1) is 12.5. The number of halogens is 1. The van der Waals surface area contributed by atoms with Crippen LogP contribution in [0.1, 0.15) is 41.1 Å². The first-order valence-electron chi connectivity index (χ1n) is 8.66. The van der Waals surface area contributed by atoms with Crippen molar-refractivity contribution < 1.29 is 9.26 Å². The van der Waals surface area contributed by atoms with Crippen LogP contribution in [0, 0.1) is 13.8 Å². The Morgan fingerprint density at radius 1 is 1.12 bits per heavy atom. The normalized spacial score (nSPS) is 12.2. The van der Waals surface area contributed by atoms with Crippen LogP contribution in [0.3, 0.4) is 0 Å². The Balaban J connectivity index is 1.54. The Morgan fingerprint density at radius 3 is 2.50 bits per heavy atom. The molecule has 0 bridgehead atoms. The molecule has 26 heavy (non-hydrogen) atoms. The number of ether oxygens (including phenoxy) is 1. The second kappa shape index (κ2) is 8.39. The van der Waals surface area contributed by atoms with E-state index in [0.717, 1.165) is 39.9 Å². The summed E-state index contributed by atoms with van der Waals surface area (Å²) >= 11 is 6.25. The third-order valence-corrected chi connectivity index (χ3v) is 4.82. The lowest BCUT2D eigenvalue weighted by Gasteiger charge is -2.16. The molecule has 1 N–H and O–H groups in total. The molecule has 0 unspecified atom stereocenters. The van der Waals surface area contributed by atoms with Crippen LogP contribution in [0.2, 0.25) is 5.02 Å². The number of nitrogens with zero attached hydrogens (tertiary/aromatic N) is 1. The van der Waals surface area contributed by atoms with E-state index in [2.05, 4.69) is 29.5 Å². The van der Waals surface area contributed by atoms with E-state index in [9.17, 15) is 0 Å². The molecule has 0 spiro atoms. The van der Waals surface area contributed by atoms with E-state index in [1.165, 1.54) is 5.56 Å². The fourth-order valence-electron chi connectivity index (χ4n) is 2.77. The van der Waals surface area contributed by atoms with Gasteiger partial charge in [-0.3, -0.25) is 0 Å². The van der Waals surface area contributed by atoms with Crippen LogP contribution < -0.4 is 10.1 Å². The third kappa shape index (κ3) is 4.45. The van der Waals surface area contributed by atoms with Gasteiger partial charge in [0.15, 0.2) is 0 Å². The summed E-state index contributed by atoms with van der Waals surface area (Å²) in [6, 6.07) is 16.2. The highest BCUT2D eigenvalue weighted by Crippen LogP contribution is 2.23. The molecule has 0 aliphatic carbocycles. The minimum Gasteiger partial charge on any atom is -0.489 e. The van der Waals surface area contributed by atoms with E-state index in [-0.39, 0.29) is 6.04 Å². The molecule has 3 aromatic rings. The lowest BCUT2D eigenvalue weighted by Crippen LogP contribution is -2.18. The van der Waals surface area contributed by atoms with E-state index >= 15 is 0 Å². The minimum atomic E-state index is 0.180. The van der Waals surface area contributed by atoms with Crippen molar-refractivity contribution in [1.29, 1.82) is 0 Å². The highest BCUT2D eigenvalue weighted by molar-refractivity contribution is 6.31. The number of aryl methyl sites for hydroxylation is 2. The Hall–Kier alpha value is -2.30. The molecule has 136 valence electrons. The van der Waals surface area contributed by atoms with E-state index < -0.39 is 0 Å². The molecule has 3 rings (SSSR count). The van der Waals surface area contributed by atoms with Gasteiger partial charge < -0.3 is 14.6 Å². The summed E-state index contributed by atoms with van der Waals surface area (Å²) < 4.78 is 11.0. The molecule has 2 aromatic carbocycles. The molecular weight excluding hydrogens is 348 g/mol. The standard InChI is InChI=1S/C21H23ClN2O2/c1-14(19-6-4-5-7-21(19)22)23-12-17-8-10-18(11-9-17)25-13-20-15(2)24-26-16(20)3/h4-11,14,23H,12-13H2,1-3H3/t14-/m1/s1. The Kier molecular flexibility index (Phi) is 5.96. The van der Waals surface area contributed by atoms with Crippen molar-refractivity contribution in [3.8, 4) is 5.75 Å². The van der Waals surface area contributed by atoms with Crippen molar-refractivity contribution in [3.63, 3.8) is 0 Å². The van der Waals surface area contributed by atoms with Gasteiger partial charge in [-0.15, -0.1) is 0 Å². The van der Waals surface area contributed by atoms with Crippen LogP contribution in [0.15, 0.2) is 53.1 Å². The zero-order valence-corrected chi connectivity index (χ0v) is 16.0. The van der Waals surface area contributed by atoms with Gasteiger partial charge in [0, 0.05) is 17.6 Å². The number of benzene rings is 2. The van der Waals surface area contributed by atoms with Gasteiger partial charge in [0.25, 0.3) is 0 Å². The van der Waals surface area contributed by atoms with Crippen molar-refractivity contribution in [3.05, 3.63) is 81.7 Å². The Labute approximate surface area is 159 Å². The van der Waals surface area contributed by atoms with Crippen LogP contribution in [0.25, 0.3) is 0 Å². The predicted molar refractivity (Wildman–Crippen MR) is 103 cm³/mol. The molecule has 0 aliphatic heterocycles. The summed E-state index contributed by atoms with van der Waals surface area (Å²) in [6.07, 6.45) is 0. The zero-order chi connectivity index (χ0) is 18.5. The lowest BCUT2D eigenvalue weighted by atomic mass is 10.1. The molecule has 1 atom stereocenters. The van der Waals surface area contributed by atoms with Crippen molar-refractivity contribution in [2.45, 2.75) is 40.0 Å². The molecule has 0 aliphatic rings. The highest BCUT2D eigenvalue weighted by Gasteiger charge is 2.10. The van der Waals surface area contributed by atoms with Gasteiger partial charge in [-0.1, -0.05) is 47.1 Å². The van der Waals surface area contributed by atoms with Gasteiger partial charge in [-0.05, 0) is 50.1 Å². The van der Waals surface area contributed by atoms with E-state index in [1.54, 1.807) is 0 Å². The molecule has 1 heterocycles. The van der Waals surface area contributed by atoms with Crippen LogP contribution in [0.4, 0.5) is 0 Å². The second-order valence-electron chi connectivity index (χ2n) is 6.36. The highest BCUT2D eigenvalue weighted by atomic mass is 35.5. The SMILES string of the molecule is Cc1noc(C)c1COc1ccc(CN[C@H](C)c2ccccc2Cl)cc1. The summed E-state index contributed by atoms with van der Waals surface area (Å²) in [6.45, 7) is 7.15. The van der Waals surface area contributed by atoms with Crippen molar-refractivity contribution in [2.75, 3.05) is 0 Å². The maximum Gasteiger partial charge on any atom is 0.140 e. The van der Waals surface area contributed by atoms with Gasteiger partial charge in [-0.2, -0.15) is 0 Å². The monoisotopic (exact) mass is 370 g/mol. The summed E-state index contributed by atoms with van der Waals surface area (Å²) in [5.74, 6) is 1.63. The van der Waals surface area contributed by atoms with Crippen LogP contribution in [0.5, 0.6) is 5.75 Å². The van der Waals surface area contributed by atoms with Crippen LogP contribution in [-0.2, 0) is 13.2 Å². The van der Waals surface area contributed by atoms with E-state index in [0.29, 0.717) is 6.61 Å². The first kappa shape index (κ1) is 18.5. The summed E-state index contributed by atoms with van der Waals surface area (Å²) in [5.41, 5.74) is 4.17. The van der Waals surface area contributed by atoms with Crippen LogP contribution in [-0.4, -0.2) is 5.16 Å². The molecule has 1 aromatic heterocycles. The Bertz CT molecular complexity index is 839. The average molecular weight is 371 g/mol. The molecule has 0 radical (unpaired) electrons. The molecule has 5 heteroatoms. The smallest absolute Gasteiger partial charge is 0.140 e. The minimum absolute atomic E-state index is 0.180. The van der Waals surface area contributed by atoms with E-state index in [4.69, 9.17) is 20.9 Å². The fourth-order valence-corrected chi connectivity index (χ4v) is 3.07. The van der Waals surface area contributed by atoms with Gasteiger partial charge in [0.05, 0.1) is 11.3 Å². The van der Waals surface area contributed by atoms with Crippen LogP contribution >= 0.6 is 11.6 Å². The largest absolute Gasteiger partial charge is 0.489 e. The topological polar surface area (TPSA) is 47.3 Å². The van der Waals surface area contributed by atoms with Crippen molar-refractivity contribution in [1.82, 2.24) is 10.5 Å². The first-order valence-corrected chi connectivity index (χ1v) is 9.03. The molecular formula is C21H23ClN2O2. The number of rotatable bonds is 7. The van der Waals surface area contributed by atoms with Gasteiger partial charge in [-0.25, -0.2) is 0 Å². The predicted octanol–water partition coefficient (Wildman–Crippen LogP) is 5.37. The van der Waals surface area contributed by atoms with Gasteiger partial charge in [0.2, 0.25) is 0 Å². The molecule has 0 fully saturated rings. The molecule has 0 saturated heterocycles. The molecule has 4 nitrogen and oxygen atoms in total. The van der Waals surface area contributed by atoms with Gasteiger partial charge >= 0.3 is 0 Å². The summed E-state index contributed by atoms with van der Waals surface area (Å²) in [7, 11) is 0. The lowest BCUT2D eigenvalue weighted by molar-refractivity contribution is 0.301. The van der Waals surface area contributed by atoms with E-state index in [1.807, 2.05) is 50.2 Å². The zero-order valence-electron chi connectivity index (χ0n) is 15.3. The number of nitrogens with one attached hydrogen (secondary N) is 1. The second-order valence-corrected chi connectivity index (χ2v) is 6.77.